The van der Waals surface area contributed by atoms with Gasteiger partial charge >= 0.3 is 0 Å². The zero-order chi connectivity index (χ0) is 12.3. The van der Waals surface area contributed by atoms with Crippen LogP contribution in [0.1, 0.15) is 17.7 Å². The Balaban J connectivity index is 1.80. The predicted molar refractivity (Wildman–Crippen MR) is 70.8 cm³/mol. The van der Waals surface area contributed by atoms with Gasteiger partial charge in [-0.15, -0.1) is 11.3 Å². The fourth-order valence-electron chi connectivity index (χ4n) is 1.80. The number of hydrogen-bond donors (Lipinski definition) is 2. The molecule has 1 aliphatic heterocycles. The van der Waals surface area contributed by atoms with Gasteiger partial charge in [0.25, 0.3) is 0 Å². The smallest absolute Gasteiger partial charge is 0.249 e. The fraction of sp³-hybridized carbons (Fsp3) is 0.545. The number of carbonyl (C=O) groups is 1. The molecule has 1 amide bonds. The molecule has 1 aliphatic rings. The number of rotatable bonds is 4. The van der Waals surface area contributed by atoms with E-state index in [9.17, 15) is 4.79 Å². The van der Waals surface area contributed by atoms with Crippen LogP contribution < -0.4 is 11.1 Å². The lowest BCUT2D eigenvalue weighted by Gasteiger charge is -2.12. The van der Waals surface area contributed by atoms with E-state index in [1.807, 2.05) is 11.4 Å². The molecule has 1 fully saturated rings. The highest BCUT2D eigenvalue weighted by Gasteiger charge is 2.29. The maximum absolute atomic E-state index is 11.8. The summed E-state index contributed by atoms with van der Waals surface area (Å²) in [5.74, 6) is -0.0405. The Kier molecular flexibility index (Phi) is 4.55. The van der Waals surface area contributed by atoms with Crippen molar-refractivity contribution < 1.29 is 9.53 Å². The Labute approximate surface area is 113 Å². The number of thiophene rings is 1. The summed E-state index contributed by atoms with van der Waals surface area (Å²) >= 11 is 5.05. The summed E-state index contributed by atoms with van der Waals surface area (Å²) in [5, 5.41) is 4.88. The average molecular weight is 319 g/mol. The van der Waals surface area contributed by atoms with Crippen LogP contribution in [0.3, 0.4) is 0 Å². The monoisotopic (exact) mass is 318 g/mol. The molecular weight excluding hydrogens is 304 g/mol. The molecule has 6 heteroatoms. The first-order valence-corrected chi connectivity index (χ1v) is 7.23. The van der Waals surface area contributed by atoms with Gasteiger partial charge in [0.05, 0.1) is 12.6 Å². The minimum Gasteiger partial charge on any atom is -0.364 e. The maximum Gasteiger partial charge on any atom is 0.249 e. The zero-order valence-electron chi connectivity index (χ0n) is 9.32. The number of halogens is 1. The van der Waals surface area contributed by atoms with Crippen LogP contribution in [0, 0.1) is 0 Å². The molecule has 94 valence electrons. The third-order valence-corrected chi connectivity index (χ3v) is 4.70. The lowest BCUT2D eigenvalue weighted by molar-refractivity contribution is -0.132. The topological polar surface area (TPSA) is 64.4 Å². The molecule has 0 radical (unpaired) electrons. The van der Waals surface area contributed by atoms with Gasteiger partial charge in [-0.25, -0.2) is 0 Å². The highest BCUT2D eigenvalue weighted by atomic mass is 79.9. The minimum atomic E-state index is -0.331. The van der Waals surface area contributed by atoms with Crippen molar-refractivity contribution in [3.63, 3.8) is 0 Å². The molecule has 1 saturated heterocycles. The molecule has 0 aliphatic carbocycles. The van der Waals surface area contributed by atoms with Crippen LogP contribution >= 0.6 is 27.3 Å². The van der Waals surface area contributed by atoms with Gasteiger partial charge < -0.3 is 15.8 Å². The number of hydrogen-bond acceptors (Lipinski definition) is 4. The van der Waals surface area contributed by atoms with Gasteiger partial charge in [0.1, 0.15) is 6.10 Å². The number of amides is 1. The fourth-order valence-corrected chi connectivity index (χ4v) is 3.24. The molecule has 2 atom stereocenters. The summed E-state index contributed by atoms with van der Waals surface area (Å²) in [4.78, 5) is 12.9. The van der Waals surface area contributed by atoms with Crippen molar-refractivity contribution in [1.29, 1.82) is 0 Å². The van der Waals surface area contributed by atoms with E-state index >= 15 is 0 Å². The van der Waals surface area contributed by atoms with Crippen molar-refractivity contribution in [2.45, 2.75) is 31.6 Å². The van der Waals surface area contributed by atoms with E-state index in [-0.39, 0.29) is 18.1 Å². The Morgan fingerprint density at radius 2 is 2.47 bits per heavy atom. The van der Waals surface area contributed by atoms with E-state index in [4.69, 9.17) is 10.5 Å². The second-order valence-electron chi connectivity index (χ2n) is 3.97. The molecule has 2 rings (SSSR count). The molecule has 4 nitrogen and oxygen atoms in total. The van der Waals surface area contributed by atoms with Crippen LogP contribution in [0.5, 0.6) is 0 Å². The third-order valence-electron chi connectivity index (χ3n) is 2.78. The Morgan fingerprint density at radius 3 is 3.06 bits per heavy atom. The molecule has 0 saturated carbocycles. The average Bonchev–Trinajstić information content (AvgIpc) is 2.94. The molecule has 2 heterocycles. The number of ether oxygens (including phenoxy) is 1. The first-order valence-electron chi connectivity index (χ1n) is 5.56. The van der Waals surface area contributed by atoms with Gasteiger partial charge in [0.2, 0.25) is 5.91 Å². The van der Waals surface area contributed by atoms with Crippen LogP contribution in [-0.4, -0.2) is 24.7 Å². The molecule has 1 aromatic rings. The Morgan fingerprint density at radius 1 is 1.65 bits per heavy atom. The molecule has 1 aromatic heterocycles. The van der Waals surface area contributed by atoms with E-state index < -0.39 is 0 Å². The third kappa shape index (κ3) is 3.28. The van der Waals surface area contributed by atoms with Crippen molar-refractivity contribution in [1.82, 2.24) is 5.32 Å². The first kappa shape index (κ1) is 13.0. The normalized spacial score (nSPS) is 23.9. The lowest BCUT2D eigenvalue weighted by Crippen LogP contribution is -2.35. The Bertz CT molecular complexity index is 397. The number of nitrogens with one attached hydrogen (secondary N) is 1. The van der Waals surface area contributed by atoms with E-state index in [2.05, 4.69) is 21.2 Å². The van der Waals surface area contributed by atoms with E-state index in [1.54, 1.807) is 11.3 Å². The van der Waals surface area contributed by atoms with Gasteiger partial charge in [0, 0.05) is 15.9 Å². The zero-order valence-corrected chi connectivity index (χ0v) is 11.7. The summed E-state index contributed by atoms with van der Waals surface area (Å²) < 4.78 is 6.56. The SMILES string of the molecule is NC[C@H]1CC[C@@H](C(=O)NCc2sccc2Br)O1. The summed E-state index contributed by atoms with van der Waals surface area (Å²) in [6.45, 7) is 1.03. The number of carbonyl (C=O) groups excluding carboxylic acids is 1. The second kappa shape index (κ2) is 5.95. The van der Waals surface area contributed by atoms with Gasteiger partial charge in [-0.1, -0.05) is 0 Å². The van der Waals surface area contributed by atoms with E-state index in [1.165, 1.54) is 0 Å². The number of nitrogens with two attached hydrogens (primary N) is 1. The summed E-state index contributed by atoms with van der Waals surface area (Å²) in [5.41, 5.74) is 5.51. The second-order valence-corrected chi connectivity index (χ2v) is 5.82. The van der Waals surface area contributed by atoms with Crippen LogP contribution in [0.15, 0.2) is 15.9 Å². The highest BCUT2D eigenvalue weighted by Crippen LogP contribution is 2.23. The molecule has 0 aromatic carbocycles. The van der Waals surface area contributed by atoms with Crippen molar-refractivity contribution in [3.8, 4) is 0 Å². The summed E-state index contributed by atoms with van der Waals surface area (Å²) in [6.07, 6.45) is 1.35. The van der Waals surface area contributed by atoms with Crippen molar-refractivity contribution in [2.75, 3.05) is 6.54 Å². The van der Waals surface area contributed by atoms with Gasteiger partial charge in [0.15, 0.2) is 0 Å². The van der Waals surface area contributed by atoms with Crippen LogP contribution in [0.25, 0.3) is 0 Å². The maximum atomic E-state index is 11.8. The van der Waals surface area contributed by atoms with Crippen molar-refractivity contribution in [2.24, 2.45) is 5.73 Å². The van der Waals surface area contributed by atoms with E-state index in [0.29, 0.717) is 13.1 Å². The first-order chi connectivity index (χ1) is 8.20. The molecule has 17 heavy (non-hydrogen) atoms. The van der Waals surface area contributed by atoms with Crippen LogP contribution in [0.4, 0.5) is 0 Å². The predicted octanol–water partition coefficient (Wildman–Crippen LogP) is 1.63. The van der Waals surface area contributed by atoms with Crippen molar-refractivity contribution >= 4 is 33.2 Å². The summed E-state index contributed by atoms with van der Waals surface area (Å²) in [6, 6.07) is 1.97. The van der Waals surface area contributed by atoms with Gasteiger partial charge in [-0.3, -0.25) is 4.79 Å². The van der Waals surface area contributed by atoms with E-state index in [0.717, 1.165) is 22.2 Å². The standard InChI is InChI=1S/C11H15BrN2O2S/c12-8-3-4-17-10(8)6-14-11(15)9-2-1-7(5-13)16-9/h3-4,7,9H,1-2,5-6,13H2,(H,14,15)/t7-,9+/m1/s1. The van der Waals surface area contributed by atoms with Crippen LogP contribution in [-0.2, 0) is 16.1 Å². The van der Waals surface area contributed by atoms with Crippen LogP contribution in [0.2, 0.25) is 0 Å². The highest BCUT2D eigenvalue weighted by molar-refractivity contribution is 9.10. The molecule has 0 bridgehead atoms. The van der Waals surface area contributed by atoms with Crippen molar-refractivity contribution in [3.05, 3.63) is 20.8 Å². The molecule has 0 unspecified atom stereocenters. The minimum absolute atomic E-state index is 0.0405. The lowest BCUT2D eigenvalue weighted by atomic mass is 10.2. The molecule has 0 spiro atoms. The van der Waals surface area contributed by atoms with Gasteiger partial charge in [-0.05, 0) is 40.2 Å². The summed E-state index contributed by atoms with van der Waals surface area (Å²) in [7, 11) is 0. The molecule has 3 N–H and O–H groups in total. The quantitative estimate of drug-likeness (QED) is 0.887. The Hall–Kier alpha value is -0.430. The largest absolute Gasteiger partial charge is 0.364 e. The molecular formula is C11H15BrN2O2S. The van der Waals surface area contributed by atoms with Gasteiger partial charge in [-0.2, -0.15) is 0 Å².